The second kappa shape index (κ2) is 10.9. The minimum Gasteiger partial charge on any atom is -0.492 e. The number of carbonyl (C=O) groups is 1. The zero-order valence-electron chi connectivity index (χ0n) is 19.3. The highest BCUT2D eigenvalue weighted by Gasteiger charge is 2.33. The highest BCUT2D eigenvalue weighted by molar-refractivity contribution is 6.37. The van der Waals surface area contributed by atoms with Gasteiger partial charge in [-0.15, -0.1) is 5.10 Å². The fourth-order valence-electron chi connectivity index (χ4n) is 3.82. The van der Waals surface area contributed by atoms with Crippen LogP contribution in [0.1, 0.15) is 35.7 Å². The van der Waals surface area contributed by atoms with Crippen molar-refractivity contribution in [1.29, 1.82) is 5.26 Å². The number of benzene rings is 2. The smallest absolute Gasteiger partial charge is 0.262 e. The van der Waals surface area contributed by atoms with E-state index >= 15 is 0 Å². The molecule has 2 heterocycles. The van der Waals surface area contributed by atoms with Crippen LogP contribution < -0.4 is 10.1 Å². The summed E-state index contributed by atoms with van der Waals surface area (Å²) in [6, 6.07) is 14.4. The molecule has 1 N–H and O–H groups in total. The predicted octanol–water partition coefficient (Wildman–Crippen LogP) is 5.67. The molecule has 1 aliphatic rings. The normalized spacial score (nSPS) is 14.6. The average Bonchev–Trinajstić information content (AvgIpc) is 3.22. The number of nitrogens with one attached hydrogen (secondary N) is 1. The van der Waals surface area contributed by atoms with E-state index in [1.165, 1.54) is 6.21 Å². The molecule has 0 spiro atoms. The van der Waals surface area contributed by atoms with Crippen LogP contribution in [0.5, 0.6) is 5.75 Å². The van der Waals surface area contributed by atoms with Gasteiger partial charge in [0.05, 0.1) is 0 Å². The van der Waals surface area contributed by atoms with Crippen molar-refractivity contribution in [3.8, 4) is 11.8 Å². The van der Waals surface area contributed by atoms with Crippen LogP contribution in [-0.4, -0.2) is 53.0 Å². The third kappa shape index (κ3) is 5.17. The molecule has 0 amide bonds. The number of halogens is 2. The number of nitriles is 1. The summed E-state index contributed by atoms with van der Waals surface area (Å²) in [6.07, 6.45) is 1.45. The van der Waals surface area contributed by atoms with Gasteiger partial charge >= 0.3 is 0 Å². The van der Waals surface area contributed by atoms with E-state index in [1.54, 1.807) is 18.2 Å². The van der Waals surface area contributed by atoms with Crippen molar-refractivity contribution in [1.82, 2.24) is 14.7 Å². The number of aliphatic imine (C=N–C) groups is 1. The fraction of sp³-hybridized carbons (Fsp3) is 0.280. The van der Waals surface area contributed by atoms with Gasteiger partial charge in [0, 0.05) is 34.1 Å². The number of anilines is 2. The summed E-state index contributed by atoms with van der Waals surface area (Å²) in [5.41, 5.74) is 1.31. The van der Waals surface area contributed by atoms with E-state index in [0.29, 0.717) is 27.9 Å². The number of nitrogens with zero attached hydrogens (tertiary/aromatic N) is 5. The van der Waals surface area contributed by atoms with Crippen molar-refractivity contribution < 1.29 is 9.53 Å². The molecule has 1 unspecified atom stereocenters. The number of likely N-dealkylation sites (N-methyl/N-ethyl adjacent to an activating group) is 1. The van der Waals surface area contributed by atoms with Crippen LogP contribution in [0.4, 0.5) is 17.3 Å². The van der Waals surface area contributed by atoms with Gasteiger partial charge in [-0.1, -0.05) is 43.1 Å². The maximum absolute atomic E-state index is 13.2. The summed E-state index contributed by atoms with van der Waals surface area (Å²) < 4.78 is 6.94. The third-order valence-electron chi connectivity index (χ3n) is 5.79. The molecule has 1 aliphatic heterocycles. The molecule has 10 heteroatoms. The topological polar surface area (TPSA) is 95.5 Å². The lowest BCUT2D eigenvalue weighted by Crippen LogP contribution is -2.27. The maximum Gasteiger partial charge on any atom is 0.262 e. The number of hydrogen-bond acceptors (Lipinski definition) is 7. The molecule has 0 fully saturated rings. The summed E-state index contributed by atoms with van der Waals surface area (Å²) in [5.74, 6) is -0.0706. The molecule has 8 nitrogen and oxygen atoms in total. The van der Waals surface area contributed by atoms with E-state index in [4.69, 9.17) is 27.9 Å². The number of fused-ring (bicyclic) bond motifs is 1. The van der Waals surface area contributed by atoms with Gasteiger partial charge in [-0.2, -0.15) is 9.94 Å². The summed E-state index contributed by atoms with van der Waals surface area (Å²) in [4.78, 5) is 19.9. The van der Waals surface area contributed by atoms with Gasteiger partial charge in [0.15, 0.2) is 11.6 Å². The molecule has 0 bridgehead atoms. The van der Waals surface area contributed by atoms with Gasteiger partial charge in [0.2, 0.25) is 0 Å². The fourth-order valence-corrected chi connectivity index (χ4v) is 4.46. The van der Waals surface area contributed by atoms with E-state index in [9.17, 15) is 10.1 Å². The largest absolute Gasteiger partial charge is 0.492 e. The van der Waals surface area contributed by atoms with Crippen LogP contribution in [0.3, 0.4) is 0 Å². The summed E-state index contributed by atoms with van der Waals surface area (Å²) in [6.45, 7) is 7.66. The molecule has 0 saturated heterocycles. The van der Waals surface area contributed by atoms with Crippen LogP contribution in [-0.2, 0) is 0 Å². The first-order valence-corrected chi connectivity index (χ1v) is 12.0. The van der Waals surface area contributed by atoms with Gasteiger partial charge in [-0.05, 0) is 49.5 Å². The summed E-state index contributed by atoms with van der Waals surface area (Å²) in [5, 5.41) is 17.9. The Kier molecular flexibility index (Phi) is 7.71. The Labute approximate surface area is 213 Å². The lowest BCUT2D eigenvalue weighted by Gasteiger charge is -2.18. The Balaban J connectivity index is 1.51. The molecular formula is C25H24Cl2N6O2. The zero-order valence-corrected chi connectivity index (χ0v) is 20.8. The van der Waals surface area contributed by atoms with E-state index in [0.717, 1.165) is 30.1 Å². The van der Waals surface area contributed by atoms with E-state index in [1.807, 2.05) is 24.3 Å². The Morgan fingerprint density at radius 2 is 1.83 bits per heavy atom. The number of ether oxygens (including phenoxy) is 1. The number of rotatable bonds is 9. The molecule has 180 valence electrons. The third-order valence-corrected chi connectivity index (χ3v) is 6.45. The molecule has 0 radical (unpaired) electrons. The number of carbonyl (C=O) groups excluding carboxylic acids is 1. The second-order valence-electron chi connectivity index (χ2n) is 7.82. The molecule has 3 aromatic rings. The van der Waals surface area contributed by atoms with Crippen molar-refractivity contribution in [3.63, 3.8) is 0 Å². The Morgan fingerprint density at radius 1 is 1.14 bits per heavy atom. The van der Waals surface area contributed by atoms with Crippen molar-refractivity contribution in [2.75, 3.05) is 31.6 Å². The van der Waals surface area contributed by atoms with E-state index < -0.39 is 11.8 Å². The Morgan fingerprint density at radius 3 is 2.46 bits per heavy atom. The van der Waals surface area contributed by atoms with E-state index in [-0.39, 0.29) is 17.2 Å². The first kappa shape index (κ1) is 24.7. The van der Waals surface area contributed by atoms with Crippen LogP contribution in [0.25, 0.3) is 0 Å². The molecule has 0 aliphatic carbocycles. The monoisotopic (exact) mass is 510 g/mol. The van der Waals surface area contributed by atoms with Crippen molar-refractivity contribution in [3.05, 3.63) is 63.6 Å². The van der Waals surface area contributed by atoms with Crippen LogP contribution >= 0.6 is 23.2 Å². The maximum atomic E-state index is 13.2. The molecule has 2 aromatic carbocycles. The molecule has 4 rings (SSSR count). The lowest BCUT2D eigenvalue weighted by molar-refractivity contribution is 0.0888. The van der Waals surface area contributed by atoms with Gasteiger partial charge in [0.25, 0.3) is 5.91 Å². The average molecular weight is 511 g/mol. The number of aromatic nitrogens is 2. The van der Waals surface area contributed by atoms with Crippen molar-refractivity contribution in [2.24, 2.45) is 4.99 Å². The lowest BCUT2D eigenvalue weighted by atomic mass is 9.98. The number of hydrogen-bond donors (Lipinski definition) is 1. The SMILES string of the molecule is CCN(CC)CCOc1ccc(Nc2nn3c(c2C#N)N=CC(c2c(Cl)cccc2Cl)C3=O)cc1. The van der Waals surface area contributed by atoms with E-state index in [2.05, 4.69) is 40.2 Å². The molecule has 0 saturated carbocycles. The zero-order chi connectivity index (χ0) is 24.9. The van der Waals surface area contributed by atoms with Crippen LogP contribution in [0.2, 0.25) is 10.0 Å². The first-order chi connectivity index (χ1) is 17.0. The molecule has 35 heavy (non-hydrogen) atoms. The minimum atomic E-state index is -0.809. The molecule has 1 atom stereocenters. The van der Waals surface area contributed by atoms with Crippen molar-refractivity contribution in [2.45, 2.75) is 19.8 Å². The highest BCUT2D eigenvalue weighted by atomic mass is 35.5. The van der Waals surface area contributed by atoms with Gasteiger partial charge in [0.1, 0.15) is 29.9 Å². The Hall–Kier alpha value is -3.38. The van der Waals surface area contributed by atoms with Crippen molar-refractivity contribution >= 4 is 52.6 Å². The van der Waals surface area contributed by atoms with Gasteiger partial charge < -0.3 is 15.0 Å². The molecule has 1 aromatic heterocycles. The predicted molar refractivity (Wildman–Crippen MR) is 138 cm³/mol. The summed E-state index contributed by atoms with van der Waals surface area (Å²) >= 11 is 12.6. The van der Waals surface area contributed by atoms with Gasteiger partial charge in [-0.3, -0.25) is 4.79 Å². The second-order valence-corrected chi connectivity index (χ2v) is 8.64. The van der Waals surface area contributed by atoms with Crippen LogP contribution in [0.15, 0.2) is 47.5 Å². The van der Waals surface area contributed by atoms with Crippen LogP contribution in [0, 0.1) is 11.3 Å². The quantitative estimate of drug-likeness (QED) is 0.398. The van der Waals surface area contributed by atoms with Gasteiger partial charge in [-0.25, -0.2) is 4.99 Å². The highest BCUT2D eigenvalue weighted by Crippen LogP contribution is 2.37. The molecular weight excluding hydrogens is 487 g/mol. The first-order valence-electron chi connectivity index (χ1n) is 11.2. The summed E-state index contributed by atoms with van der Waals surface area (Å²) in [7, 11) is 0. The Bertz CT molecular complexity index is 1270. The standard InChI is InChI=1S/C25H24Cl2N6O2/c1-3-32(4-2)12-13-35-17-10-8-16(9-11-17)30-23-18(14-28)24-29-15-19(25(34)33(24)31-23)22-20(26)6-5-7-21(22)27/h5-11,15,19H,3-4,12-13H2,1-2H3,(H,30,31). The minimum absolute atomic E-state index is 0.163.